The molecule has 14 heavy (non-hydrogen) atoms. The summed E-state index contributed by atoms with van der Waals surface area (Å²) in [7, 11) is -4.55. The van der Waals surface area contributed by atoms with E-state index in [1.54, 1.807) is 0 Å². The van der Waals surface area contributed by atoms with E-state index < -0.39 is 15.3 Å². The van der Waals surface area contributed by atoms with Crippen molar-refractivity contribution in [1.29, 1.82) is 0 Å². The van der Waals surface area contributed by atoms with Crippen LogP contribution in [-0.2, 0) is 10.1 Å². The third kappa shape index (κ3) is 2.36. The first-order valence-corrected chi connectivity index (χ1v) is 4.60. The van der Waals surface area contributed by atoms with Gasteiger partial charge in [-0.15, -0.1) is 0 Å². The number of hydrogen-bond donors (Lipinski definition) is 1. The largest absolute Gasteiger partial charge is 1.00 e. The Labute approximate surface area is 122 Å². The summed E-state index contributed by atoms with van der Waals surface area (Å²) < 4.78 is 31.5. The zero-order chi connectivity index (χ0) is 9.47. The summed E-state index contributed by atoms with van der Waals surface area (Å²) >= 11 is 0. The molecule has 2 heterocycles. The summed E-state index contributed by atoms with van der Waals surface area (Å²) in [4.78, 5) is 13.1. The van der Waals surface area contributed by atoms with Gasteiger partial charge in [0.15, 0.2) is 15.8 Å². The van der Waals surface area contributed by atoms with Crippen molar-refractivity contribution < 1.29 is 64.4 Å². The Balaban J connectivity index is 0.000000980. The second-order valence-corrected chi connectivity index (χ2v) is 3.55. The number of nitrogens with zero attached hydrogens (tertiary/aromatic N) is 3. The van der Waals surface area contributed by atoms with Crippen molar-refractivity contribution in [3.05, 3.63) is 12.5 Å². The van der Waals surface area contributed by atoms with Gasteiger partial charge in [0.05, 0.1) is 6.20 Å². The van der Waals surface area contributed by atoms with E-state index in [0.29, 0.717) is 5.52 Å². The third-order valence-electron chi connectivity index (χ3n) is 1.38. The quantitative estimate of drug-likeness (QED) is 0.403. The van der Waals surface area contributed by atoms with Gasteiger partial charge in [-0.1, -0.05) is 0 Å². The molecule has 0 aliphatic rings. The number of H-pyrrole nitrogens is 1. The minimum atomic E-state index is -4.55. The fraction of sp³-hybridized carbons (Fsp3) is 0. The molecule has 2 aromatic heterocycles. The van der Waals surface area contributed by atoms with E-state index in [2.05, 4.69) is 19.9 Å². The van der Waals surface area contributed by atoms with Crippen LogP contribution in [-0.4, -0.2) is 32.9 Å². The molecule has 2 aromatic rings. The van der Waals surface area contributed by atoms with Crippen LogP contribution in [0.25, 0.3) is 11.2 Å². The standard InChI is InChI=1S/C5H4N4O3S.K/c10-13(11,12)5-8-3-1-6-2-7-4(3)9-5;/h1-2H,(H,10,11,12)(H,6,7,8,9);/q;+1/p-1. The van der Waals surface area contributed by atoms with Gasteiger partial charge in [0, 0.05) is 0 Å². The topological polar surface area (TPSA) is 112 Å². The van der Waals surface area contributed by atoms with Crippen LogP contribution < -0.4 is 51.4 Å². The number of aromatic nitrogens is 4. The van der Waals surface area contributed by atoms with Gasteiger partial charge >= 0.3 is 51.4 Å². The fourth-order valence-electron chi connectivity index (χ4n) is 0.858. The molecule has 0 spiro atoms. The molecule has 0 aromatic carbocycles. The molecular formula is C5H3KN4O3S. The van der Waals surface area contributed by atoms with Crippen molar-refractivity contribution in [2.75, 3.05) is 0 Å². The SMILES string of the molecule is O=S(=O)([O-])c1nc2ncncc2[nH]1.[K+]. The maximum atomic E-state index is 10.5. The average Bonchev–Trinajstić information content (AvgIpc) is 2.45. The smallest absolute Gasteiger partial charge is 0.742 e. The van der Waals surface area contributed by atoms with Crippen molar-refractivity contribution >= 4 is 21.3 Å². The number of hydrogen-bond acceptors (Lipinski definition) is 6. The maximum absolute atomic E-state index is 10.5. The molecule has 7 nitrogen and oxygen atoms in total. The van der Waals surface area contributed by atoms with Crippen LogP contribution in [0.5, 0.6) is 0 Å². The second kappa shape index (κ2) is 4.31. The van der Waals surface area contributed by atoms with Gasteiger partial charge in [-0.25, -0.2) is 18.4 Å². The maximum Gasteiger partial charge on any atom is 1.00 e. The van der Waals surface area contributed by atoms with E-state index in [-0.39, 0.29) is 57.0 Å². The van der Waals surface area contributed by atoms with Crippen molar-refractivity contribution in [1.82, 2.24) is 19.9 Å². The number of fused-ring (bicyclic) bond motifs is 1. The molecule has 68 valence electrons. The molecule has 0 atom stereocenters. The van der Waals surface area contributed by atoms with Gasteiger partial charge in [-0.3, -0.25) is 0 Å². The first kappa shape index (κ1) is 12.2. The molecule has 0 bridgehead atoms. The molecule has 0 aliphatic heterocycles. The van der Waals surface area contributed by atoms with Gasteiger partial charge in [-0.05, 0) is 0 Å². The van der Waals surface area contributed by atoms with E-state index in [4.69, 9.17) is 0 Å². The first-order chi connectivity index (χ1) is 6.07. The van der Waals surface area contributed by atoms with Gasteiger partial charge < -0.3 is 9.54 Å². The zero-order valence-electron chi connectivity index (χ0n) is 7.13. The Kier molecular flexibility index (Phi) is 3.74. The molecule has 0 saturated heterocycles. The van der Waals surface area contributed by atoms with Gasteiger partial charge in [0.25, 0.3) is 0 Å². The number of aromatic amines is 1. The molecule has 0 amide bonds. The van der Waals surface area contributed by atoms with E-state index >= 15 is 0 Å². The summed E-state index contributed by atoms with van der Waals surface area (Å²) in [6.45, 7) is 0. The van der Waals surface area contributed by atoms with Gasteiger partial charge in [0.2, 0.25) is 5.16 Å². The molecule has 0 saturated carbocycles. The monoisotopic (exact) mass is 238 g/mol. The summed E-state index contributed by atoms with van der Waals surface area (Å²) in [5.74, 6) is 0. The van der Waals surface area contributed by atoms with Crippen LogP contribution >= 0.6 is 0 Å². The zero-order valence-corrected chi connectivity index (χ0v) is 11.1. The van der Waals surface area contributed by atoms with Crippen molar-refractivity contribution in [2.45, 2.75) is 5.16 Å². The van der Waals surface area contributed by atoms with Crippen molar-refractivity contribution in [3.63, 3.8) is 0 Å². The average molecular weight is 238 g/mol. The Hall–Kier alpha value is 0.0964. The van der Waals surface area contributed by atoms with Gasteiger partial charge in [0.1, 0.15) is 11.8 Å². The predicted octanol–water partition coefficient (Wildman–Crippen LogP) is -3.74. The van der Waals surface area contributed by atoms with Crippen LogP contribution in [0.15, 0.2) is 17.7 Å². The Bertz CT molecular complexity index is 518. The molecule has 2 rings (SSSR count). The molecular weight excluding hydrogens is 235 g/mol. The van der Waals surface area contributed by atoms with E-state index in [0.717, 1.165) is 0 Å². The Morgan fingerprint density at radius 1 is 1.43 bits per heavy atom. The van der Waals surface area contributed by atoms with E-state index in [1.165, 1.54) is 12.5 Å². The third-order valence-corrected chi connectivity index (χ3v) is 2.04. The number of rotatable bonds is 1. The van der Waals surface area contributed by atoms with E-state index in [1.807, 2.05) is 0 Å². The van der Waals surface area contributed by atoms with Crippen LogP contribution in [0.3, 0.4) is 0 Å². The van der Waals surface area contributed by atoms with Crippen LogP contribution in [0, 0.1) is 0 Å². The number of nitrogens with one attached hydrogen (secondary N) is 1. The minimum absolute atomic E-state index is 0. The Morgan fingerprint density at radius 2 is 2.14 bits per heavy atom. The van der Waals surface area contributed by atoms with Crippen LogP contribution in [0.1, 0.15) is 0 Å². The van der Waals surface area contributed by atoms with Crippen molar-refractivity contribution in [2.24, 2.45) is 0 Å². The predicted molar refractivity (Wildman–Crippen MR) is 39.6 cm³/mol. The number of imidazole rings is 1. The van der Waals surface area contributed by atoms with E-state index in [9.17, 15) is 13.0 Å². The van der Waals surface area contributed by atoms with Crippen LogP contribution in [0.4, 0.5) is 0 Å². The second-order valence-electron chi connectivity index (χ2n) is 2.26. The molecule has 0 unspecified atom stereocenters. The fourth-order valence-corrected chi connectivity index (χ4v) is 1.29. The van der Waals surface area contributed by atoms with Gasteiger partial charge in [-0.2, -0.15) is 4.98 Å². The molecule has 0 radical (unpaired) electrons. The summed E-state index contributed by atoms with van der Waals surface area (Å²) in [6, 6.07) is 0. The summed E-state index contributed by atoms with van der Waals surface area (Å²) in [5, 5.41) is -0.636. The summed E-state index contributed by atoms with van der Waals surface area (Å²) in [5.41, 5.74) is 0.473. The molecule has 1 N–H and O–H groups in total. The van der Waals surface area contributed by atoms with Crippen LogP contribution in [0.2, 0.25) is 0 Å². The van der Waals surface area contributed by atoms with Crippen molar-refractivity contribution in [3.8, 4) is 0 Å². The first-order valence-electron chi connectivity index (χ1n) is 3.19. The Morgan fingerprint density at radius 3 is 2.71 bits per heavy atom. The normalized spacial score (nSPS) is 11.2. The minimum Gasteiger partial charge on any atom is -0.742 e. The molecule has 0 aliphatic carbocycles. The molecule has 0 fully saturated rings. The summed E-state index contributed by atoms with van der Waals surface area (Å²) in [6.07, 6.45) is 2.55. The molecule has 9 heteroatoms.